The summed E-state index contributed by atoms with van der Waals surface area (Å²) in [4.78, 5) is 31.2. The summed E-state index contributed by atoms with van der Waals surface area (Å²) < 4.78 is 0.679. The fourth-order valence-electron chi connectivity index (χ4n) is 1.90. The van der Waals surface area contributed by atoms with E-state index in [1.807, 2.05) is 0 Å². The molecule has 102 valence electrons. The van der Waals surface area contributed by atoms with Crippen molar-refractivity contribution < 1.29 is 9.59 Å². The molecule has 1 aliphatic heterocycles. The molecule has 0 N–H and O–H groups in total. The monoisotopic (exact) mass is 345 g/mol. The van der Waals surface area contributed by atoms with Crippen LogP contribution in [-0.4, -0.2) is 53.3 Å². The van der Waals surface area contributed by atoms with Crippen molar-refractivity contribution in [1.29, 1.82) is 0 Å². The molecule has 1 saturated heterocycles. The van der Waals surface area contributed by atoms with E-state index in [1.165, 1.54) is 11.1 Å². The van der Waals surface area contributed by atoms with Crippen LogP contribution in [-0.2, 0) is 4.79 Å². The van der Waals surface area contributed by atoms with Gasteiger partial charge >= 0.3 is 0 Å². The maximum Gasteiger partial charge on any atom is 0.257 e. The largest absolute Gasteiger partial charge is 0.344 e. The Bertz CT molecular complexity index is 524. The highest BCUT2D eigenvalue weighted by molar-refractivity contribution is 9.10. The van der Waals surface area contributed by atoms with Crippen LogP contribution in [0.4, 0.5) is 0 Å². The highest BCUT2D eigenvalue weighted by Gasteiger charge is 2.25. The van der Waals surface area contributed by atoms with Crippen molar-refractivity contribution in [2.45, 2.75) is 6.42 Å². The maximum atomic E-state index is 12.4. The zero-order valence-corrected chi connectivity index (χ0v) is 12.7. The zero-order valence-electron chi connectivity index (χ0n) is 10.4. The van der Waals surface area contributed by atoms with Gasteiger partial charge in [0.05, 0.1) is 5.56 Å². The number of rotatable bonds is 1. The van der Waals surface area contributed by atoms with Crippen LogP contribution >= 0.6 is 27.5 Å². The topological polar surface area (TPSA) is 53.5 Å². The van der Waals surface area contributed by atoms with Gasteiger partial charge in [-0.3, -0.25) is 9.59 Å². The van der Waals surface area contributed by atoms with E-state index >= 15 is 0 Å². The first-order valence-corrected chi connectivity index (χ1v) is 7.00. The predicted molar refractivity (Wildman–Crippen MR) is 75.1 cm³/mol. The van der Waals surface area contributed by atoms with Gasteiger partial charge in [0.2, 0.25) is 5.91 Å². The average molecular weight is 347 g/mol. The van der Waals surface area contributed by atoms with Gasteiger partial charge in [-0.25, -0.2) is 4.98 Å². The molecule has 0 spiro atoms. The van der Waals surface area contributed by atoms with Crippen LogP contribution < -0.4 is 0 Å². The molecule has 1 fully saturated rings. The third-order valence-electron chi connectivity index (χ3n) is 3.00. The number of carbonyl (C=O) groups is 2. The number of amides is 2. The number of aromatic nitrogens is 1. The second-order valence-electron chi connectivity index (χ2n) is 4.39. The first-order chi connectivity index (χ1) is 8.99. The molecule has 1 aliphatic rings. The molecule has 19 heavy (non-hydrogen) atoms. The quantitative estimate of drug-likeness (QED) is 0.729. The molecule has 2 heterocycles. The Labute approximate surface area is 124 Å². The number of hydrogen-bond acceptors (Lipinski definition) is 3. The molecule has 1 aromatic heterocycles. The van der Waals surface area contributed by atoms with E-state index < -0.39 is 0 Å². The Kier molecular flexibility index (Phi) is 4.42. The highest BCUT2D eigenvalue weighted by atomic mass is 79.9. The van der Waals surface area contributed by atoms with E-state index in [9.17, 15) is 9.59 Å². The van der Waals surface area contributed by atoms with Gasteiger partial charge in [0.1, 0.15) is 11.7 Å². The second-order valence-corrected chi connectivity index (χ2v) is 5.66. The summed E-state index contributed by atoms with van der Waals surface area (Å²) in [7, 11) is 1.74. The molecule has 0 bridgehead atoms. The first kappa shape index (κ1) is 14.3. The average Bonchev–Trinajstić information content (AvgIpc) is 2.54. The SMILES string of the molecule is CN1CCCN(C(=O)c2cc(Br)cnc2Cl)CC1=O. The van der Waals surface area contributed by atoms with Crippen molar-refractivity contribution in [3.05, 3.63) is 27.5 Å². The van der Waals surface area contributed by atoms with Gasteiger partial charge in [-0.2, -0.15) is 0 Å². The Morgan fingerprint density at radius 3 is 2.95 bits per heavy atom. The lowest BCUT2D eigenvalue weighted by Gasteiger charge is -2.20. The number of carbonyl (C=O) groups excluding carboxylic acids is 2. The second kappa shape index (κ2) is 5.88. The molecule has 2 amide bonds. The zero-order chi connectivity index (χ0) is 14.0. The van der Waals surface area contributed by atoms with E-state index in [0.29, 0.717) is 23.1 Å². The predicted octanol–water partition coefficient (Wildman–Crippen LogP) is 1.80. The summed E-state index contributed by atoms with van der Waals surface area (Å²) in [5.74, 6) is -0.327. The smallest absolute Gasteiger partial charge is 0.257 e. The number of nitrogens with zero attached hydrogens (tertiary/aromatic N) is 3. The lowest BCUT2D eigenvalue weighted by molar-refractivity contribution is -0.129. The fraction of sp³-hybridized carbons (Fsp3) is 0.417. The van der Waals surface area contributed by atoms with E-state index in [-0.39, 0.29) is 23.5 Å². The van der Waals surface area contributed by atoms with Crippen LogP contribution in [0.1, 0.15) is 16.8 Å². The highest BCUT2D eigenvalue weighted by Crippen LogP contribution is 2.20. The lowest BCUT2D eigenvalue weighted by Crippen LogP contribution is -2.38. The first-order valence-electron chi connectivity index (χ1n) is 5.83. The van der Waals surface area contributed by atoms with Gasteiger partial charge in [-0.05, 0) is 28.4 Å². The summed E-state index contributed by atoms with van der Waals surface area (Å²) in [6.45, 7) is 1.28. The summed E-state index contributed by atoms with van der Waals surface area (Å²) in [5.41, 5.74) is 0.313. The fourth-order valence-corrected chi connectivity index (χ4v) is 2.42. The summed E-state index contributed by atoms with van der Waals surface area (Å²) >= 11 is 9.20. The molecule has 2 rings (SSSR count). The molecule has 0 radical (unpaired) electrons. The van der Waals surface area contributed by atoms with Crippen molar-refractivity contribution in [3.8, 4) is 0 Å². The molecule has 5 nitrogen and oxygen atoms in total. The Morgan fingerprint density at radius 1 is 1.47 bits per heavy atom. The number of pyridine rings is 1. The van der Waals surface area contributed by atoms with Gasteiger partial charge < -0.3 is 9.80 Å². The molecule has 0 atom stereocenters. The van der Waals surface area contributed by atoms with Gasteiger partial charge in [0.15, 0.2) is 0 Å². The summed E-state index contributed by atoms with van der Waals surface area (Å²) in [6, 6.07) is 1.62. The standard InChI is InChI=1S/C12H13BrClN3O2/c1-16-3-2-4-17(7-10(16)18)12(19)9-5-8(13)6-15-11(9)14/h5-6H,2-4,7H2,1H3. The molecule has 0 aromatic carbocycles. The Balaban J connectivity index is 2.23. The molecular formula is C12H13BrClN3O2. The molecular weight excluding hydrogens is 334 g/mol. The van der Waals surface area contributed by atoms with Crippen molar-refractivity contribution in [1.82, 2.24) is 14.8 Å². The van der Waals surface area contributed by atoms with Crippen LogP contribution in [0.3, 0.4) is 0 Å². The molecule has 1 aromatic rings. The Hall–Kier alpha value is -1.14. The van der Waals surface area contributed by atoms with Crippen LogP contribution in [0.15, 0.2) is 16.7 Å². The van der Waals surface area contributed by atoms with Crippen molar-refractivity contribution in [3.63, 3.8) is 0 Å². The third-order valence-corrected chi connectivity index (χ3v) is 3.73. The number of halogens is 2. The van der Waals surface area contributed by atoms with E-state index in [2.05, 4.69) is 20.9 Å². The molecule has 0 saturated carbocycles. The molecule has 0 aliphatic carbocycles. The van der Waals surface area contributed by atoms with E-state index in [1.54, 1.807) is 18.0 Å². The minimum Gasteiger partial charge on any atom is -0.344 e. The minimum absolute atomic E-state index is 0.0649. The van der Waals surface area contributed by atoms with Crippen LogP contribution in [0.5, 0.6) is 0 Å². The normalized spacial score (nSPS) is 16.5. The van der Waals surface area contributed by atoms with Gasteiger partial charge in [-0.15, -0.1) is 0 Å². The van der Waals surface area contributed by atoms with Gasteiger partial charge in [-0.1, -0.05) is 11.6 Å². The van der Waals surface area contributed by atoms with Crippen molar-refractivity contribution >= 4 is 39.3 Å². The minimum atomic E-state index is -0.262. The van der Waals surface area contributed by atoms with E-state index in [0.717, 1.165) is 6.42 Å². The third kappa shape index (κ3) is 3.25. The molecule has 0 unspecified atom stereocenters. The Morgan fingerprint density at radius 2 is 2.21 bits per heavy atom. The van der Waals surface area contributed by atoms with Crippen LogP contribution in [0.25, 0.3) is 0 Å². The molecule has 7 heteroatoms. The van der Waals surface area contributed by atoms with Crippen LogP contribution in [0.2, 0.25) is 5.15 Å². The lowest BCUT2D eigenvalue weighted by atomic mass is 10.2. The van der Waals surface area contributed by atoms with Crippen molar-refractivity contribution in [2.75, 3.05) is 26.7 Å². The summed E-state index contributed by atoms with van der Waals surface area (Å²) in [6.07, 6.45) is 2.29. The van der Waals surface area contributed by atoms with E-state index in [4.69, 9.17) is 11.6 Å². The van der Waals surface area contributed by atoms with Gasteiger partial charge in [0.25, 0.3) is 5.91 Å². The number of likely N-dealkylation sites (N-methyl/N-ethyl adjacent to an activating group) is 1. The van der Waals surface area contributed by atoms with Crippen LogP contribution in [0, 0.1) is 0 Å². The van der Waals surface area contributed by atoms with Gasteiger partial charge in [0, 0.05) is 30.8 Å². The maximum absolute atomic E-state index is 12.4. The summed E-state index contributed by atoms with van der Waals surface area (Å²) in [5, 5.41) is 0.151. The number of hydrogen-bond donors (Lipinski definition) is 0. The van der Waals surface area contributed by atoms with Crippen molar-refractivity contribution in [2.24, 2.45) is 0 Å².